The van der Waals surface area contributed by atoms with Crippen molar-refractivity contribution in [2.75, 3.05) is 13.7 Å². The number of benzene rings is 1. The molecule has 108 valence electrons. The molecular formula is C13H13Cl2NO4. The highest BCUT2D eigenvalue weighted by atomic mass is 35.5. The van der Waals surface area contributed by atoms with Gasteiger partial charge >= 0.3 is 5.97 Å². The van der Waals surface area contributed by atoms with Crippen molar-refractivity contribution >= 4 is 35.1 Å². The van der Waals surface area contributed by atoms with Gasteiger partial charge in [0.15, 0.2) is 0 Å². The second-order valence-electron chi connectivity index (χ2n) is 4.51. The predicted octanol–water partition coefficient (Wildman–Crippen LogP) is 1.74. The minimum absolute atomic E-state index is 0.0822. The van der Waals surface area contributed by atoms with Crippen LogP contribution in [0.4, 0.5) is 0 Å². The summed E-state index contributed by atoms with van der Waals surface area (Å²) in [6.45, 7) is 0.0822. The van der Waals surface area contributed by atoms with Gasteiger partial charge in [0.05, 0.1) is 23.3 Å². The third-order valence-electron chi connectivity index (χ3n) is 3.18. The van der Waals surface area contributed by atoms with Gasteiger partial charge in [-0.25, -0.2) is 4.79 Å². The van der Waals surface area contributed by atoms with E-state index in [0.717, 1.165) is 0 Å². The maximum Gasteiger partial charge on any atom is 0.328 e. The first kappa shape index (κ1) is 15.1. The van der Waals surface area contributed by atoms with Gasteiger partial charge < -0.3 is 14.7 Å². The minimum Gasteiger partial charge on any atom is -0.467 e. The molecule has 1 fully saturated rings. The van der Waals surface area contributed by atoms with Crippen molar-refractivity contribution in [1.82, 2.24) is 4.90 Å². The molecule has 1 heterocycles. The van der Waals surface area contributed by atoms with Crippen LogP contribution in [-0.4, -0.2) is 47.7 Å². The summed E-state index contributed by atoms with van der Waals surface area (Å²) in [6, 6.07) is 3.69. The van der Waals surface area contributed by atoms with E-state index in [0.29, 0.717) is 10.6 Å². The zero-order valence-corrected chi connectivity index (χ0v) is 12.2. The summed E-state index contributed by atoms with van der Waals surface area (Å²) in [6.07, 6.45) is -0.578. The molecule has 0 bridgehead atoms. The average molecular weight is 318 g/mol. The van der Waals surface area contributed by atoms with Crippen LogP contribution >= 0.6 is 23.2 Å². The van der Waals surface area contributed by atoms with E-state index < -0.39 is 24.0 Å². The minimum atomic E-state index is -0.781. The van der Waals surface area contributed by atoms with E-state index in [9.17, 15) is 14.7 Å². The zero-order chi connectivity index (χ0) is 14.9. The molecular weight excluding hydrogens is 305 g/mol. The molecule has 2 atom stereocenters. The number of amides is 1. The standard InChI is InChI=1S/C13H13Cl2NO4/c1-20-13(19)11-5-8(17)6-16(11)12(18)7-2-3-9(14)10(15)4-7/h2-4,8,11,17H,5-6H2,1H3. The van der Waals surface area contributed by atoms with Gasteiger partial charge in [-0.1, -0.05) is 23.2 Å². The topological polar surface area (TPSA) is 66.8 Å². The molecule has 1 saturated heterocycles. The second kappa shape index (κ2) is 5.99. The highest BCUT2D eigenvalue weighted by molar-refractivity contribution is 6.42. The van der Waals surface area contributed by atoms with E-state index >= 15 is 0 Å². The van der Waals surface area contributed by atoms with Gasteiger partial charge in [-0.2, -0.15) is 0 Å². The van der Waals surface area contributed by atoms with Gasteiger partial charge in [-0.3, -0.25) is 4.79 Å². The first-order valence-corrected chi connectivity index (χ1v) is 6.71. The Labute approximate surface area is 126 Å². The van der Waals surface area contributed by atoms with Gasteiger partial charge in [0.25, 0.3) is 5.91 Å². The summed E-state index contributed by atoms with van der Waals surface area (Å²) in [5.41, 5.74) is 0.308. The van der Waals surface area contributed by atoms with Gasteiger partial charge in [0.1, 0.15) is 6.04 Å². The van der Waals surface area contributed by atoms with Crippen LogP contribution in [0, 0.1) is 0 Å². The molecule has 0 radical (unpaired) electrons. The molecule has 5 nitrogen and oxygen atoms in total. The quantitative estimate of drug-likeness (QED) is 0.844. The molecule has 2 unspecified atom stereocenters. The Morgan fingerprint density at radius 3 is 2.65 bits per heavy atom. The Bertz CT molecular complexity index is 549. The fraction of sp³-hybridized carbons (Fsp3) is 0.385. The van der Waals surface area contributed by atoms with Crippen LogP contribution in [0.15, 0.2) is 18.2 Å². The summed E-state index contributed by atoms with van der Waals surface area (Å²) < 4.78 is 4.65. The van der Waals surface area contributed by atoms with Gasteiger partial charge in [0.2, 0.25) is 0 Å². The summed E-state index contributed by atoms with van der Waals surface area (Å²) in [4.78, 5) is 25.3. The average Bonchev–Trinajstić information content (AvgIpc) is 2.82. The van der Waals surface area contributed by atoms with Crippen molar-refractivity contribution in [3.8, 4) is 0 Å². The molecule has 2 rings (SSSR count). The van der Waals surface area contributed by atoms with Crippen LogP contribution in [0.5, 0.6) is 0 Å². The van der Waals surface area contributed by atoms with Crippen molar-refractivity contribution in [1.29, 1.82) is 0 Å². The largest absolute Gasteiger partial charge is 0.467 e. The molecule has 1 aliphatic rings. The Morgan fingerprint density at radius 1 is 1.35 bits per heavy atom. The van der Waals surface area contributed by atoms with Gasteiger partial charge in [-0.15, -0.1) is 0 Å². The molecule has 1 aliphatic heterocycles. The van der Waals surface area contributed by atoms with E-state index in [1.165, 1.54) is 30.2 Å². The number of esters is 1. The van der Waals surface area contributed by atoms with Crippen LogP contribution in [0.3, 0.4) is 0 Å². The van der Waals surface area contributed by atoms with Crippen molar-refractivity contribution in [2.24, 2.45) is 0 Å². The molecule has 0 aromatic heterocycles. The fourth-order valence-electron chi connectivity index (χ4n) is 2.19. The molecule has 7 heteroatoms. The number of β-amino-alcohol motifs (C(OH)–C–C–N with tert-alkyl or cyclic N) is 1. The lowest BCUT2D eigenvalue weighted by atomic mass is 10.1. The molecule has 1 amide bonds. The van der Waals surface area contributed by atoms with E-state index in [4.69, 9.17) is 23.2 Å². The number of hydrogen-bond acceptors (Lipinski definition) is 4. The SMILES string of the molecule is COC(=O)C1CC(O)CN1C(=O)c1ccc(Cl)c(Cl)c1. The Kier molecular flexibility index (Phi) is 4.52. The van der Waals surface area contributed by atoms with E-state index in [2.05, 4.69) is 4.74 Å². The third-order valence-corrected chi connectivity index (χ3v) is 3.92. The molecule has 20 heavy (non-hydrogen) atoms. The van der Waals surface area contributed by atoms with Gasteiger partial charge in [0, 0.05) is 18.5 Å². The Balaban J connectivity index is 2.26. The highest BCUT2D eigenvalue weighted by Gasteiger charge is 2.39. The number of methoxy groups -OCH3 is 1. The predicted molar refractivity (Wildman–Crippen MR) is 73.9 cm³/mol. The van der Waals surface area contributed by atoms with Crippen LogP contribution in [0.1, 0.15) is 16.8 Å². The monoisotopic (exact) mass is 317 g/mol. The summed E-state index contributed by atoms with van der Waals surface area (Å²) >= 11 is 11.7. The second-order valence-corrected chi connectivity index (χ2v) is 5.33. The van der Waals surface area contributed by atoms with E-state index in [1.54, 1.807) is 0 Å². The lowest BCUT2D eigenvalue weighted by Gasteiger charge is -2.22. The maximum absolute atomic E-state index is 12.4. The lowest BCUT2D eigenvalue weighted by Crippen LogP contribution is -2.41. The fourth-order valence-corrected chi connectivity index (χ4v) is 2.49. The van der Waals surface area contributed by atoms with Crippen LogP contribution in [0.25, 0.3) is 0 Å². The highest BCUT2D eigenvalue weighted by Crippen LogP contribution is 2.26. The number of rotatable bonds is 2. The summed E-state index contributed by atoms with van der Waals surface area (Å²) in [5, 5.41) is 10.3. The number of carbonyl (C=O) groups is 2. The Hall–Kier alpha value is -1.30. The number of likely N-dealkylation sites (tertiary alicyclic amines) is 1. The number of carbonyl (C=O) groups excluding carboxylic acids is 2. The number of halogens is 2. The third kappa shape index (κ3) is 2.90. The number of nitrogens with zero attached hydrogens (tertiary/aromatic N) is 1. The van der Waals surface area contributed by atoms with Gasteiger partial charge in [-0.05, 0) is 18.2 Å². The number of ether oxygens (including phenoxy) is 1. The van der Waals surface area contributed by atoms with Crippen LogP contribution in [0.2, 0.25) is 10.0 Å². The van der Waals surface area contributed by atoms with Crippen LogP contribution < -0.4 is 0 Å². The van der Waals surface area contributed by atoms with Crippen molar-refractivity contribution < 1.29 is 19.4 Å². The molecule has 0 saturated carbocycles. The molecule has 1 N–H and O–H groups in total. The summed E-state index contributed by atoms with van der Waals surface area (Å²) in [5.74, 6) is -0.939. The first-order chi connectivity index (χ1) is 9.43. The van der Waals surface area contributed by atoms with E-state index in [-0.39, 0.29) is 18.0 Å². The van der Waals surface area contributed by atoms with Crippen LogP contribution in [-0.2, 0) is 9.53 Å². The van der Waals surface area contributed by atoms with Crippen molar-refractivity contribution in [2.45, 2.75) is 18.6 Å². The number of aliphatic hydroxyl groups excluding tert-OH is 1. The lowest BCUT2D eigenvalue weighted by molar-refractivity contribution is -0.145. The number of aliphatic hydroxyl groups is 1. The smallest absolute Gasteiger partial charge is 0.328 e. The molecule has 0 aliphatic carbocycles. The first-order valence-electron chi connectivity index (χ1n) is 5.96. The zero-order valence-electron chi connectivity index (χ0n) is 10.7. The number of hydrogen-bond donors (Lipinski definition) is 1. The maximum atomic E-state index is 12.4. The summed E-state index contributed by atoms with van der Waals surface area (Å²) in [7, 11) is 1.24. The normalized spacial score (nSPS) is 21.9. The molecule has 0 spiro atoms. The Morgan fingerprint density at radius 2 is 2.05 bits per heavy atom. The molecule has 1 aromatic carbocycles. The van der Waals surface area contributed by atoms with E-state index in [1.807, 2.05) is 0 Å². The van der Waals surface area contributed by atoms with Crippen molar-refractivity contribution in [3.05, 3.63) is 33.8 Å². The molecule has 1 aromatic rings. The van der Waals surface area contributed by atoms with Crippen molar-refractivity contribution in [3.63, 3.8) is 0 Å².